The van der Waals surface area contributed by atoms with Gasteiger partial charge in [-0.3, -0.25) is 9.59 Å². The first-order valence-corrected chi connectivity index (χ1v) is 13.4. The SMILES string of the molecule is CCC1Cc2cccc(C(=O)N(C)C(C#CCc3ccccc3)CCNC(=O)c3cccn3C)c2C=C1C. The third-order valence-corrected chi connectivity index (χ3v) is 7.47. The zero-order chi connectivity index (χ0) is 27.1. The Morgan fingerprint density at radius 1 is 1.11 bits per heavy atom. The maximum Gasteiger partial charge on any atom is 0.267 e. The molecular formula is C33H37N3O2. The Morgan fingerprint density at radius 3 is 2.61 bits per heavy atom. The number of benzene rings is 2. The van der Waals surface area contributed by atoms with Crippen molar-refractivity contribution in [3.05, 3.63) is 100 Å². The van der Waals surface area contributed by atoms with Gasteiger partial charge in [0.15, 0.2) is 0 Å². The number of rotatable bonds is 8. The minimum absolute atomic E-state index is 0.0476. The molecule has 1 N–H and O–H groups in total. The van der Waals surface area contributed by atoms with Gasteiger partial charge >= 0.3 is 0 Å². The third kappa shape index (κ3) is 6.26. The Morgan fingerprint density at radius 2 is 1.89 bits per heavy atom. The molecule has 3 aromatic rings. The second-order valence-electron chi connectivity index (χ2n) is 10.0. The highest BCUT2D eigenvalue weighted by atomic mass is 16.2. The normalized spacial score (nSPS) is 14.9. The molecule has 2 atom stereocenters. The van der Waals surface area contributed by atoms with Crippen LogP contribution in [0.1, 0.15) is 64.2 Å². The second kappa shape index (κ2) is 12.5. The topological polar surface area (TPSA) is 54.3 Å². The number of amides is 2. The van der Waals surface area contributed by atoms with E-state index in [0.29, 0.717) is 36.6 Å². The van der Waals surface area contributed by atoms with E-state index in [1.165, 1.54) is 11.1 Å². The fourth-order valence-corrected chi connectivity index (χ4v) is 5.06. The molecule has 0 spiro atoms. The number of hydrogen-bond acceptors (Lipinski definition) is 2. The van der Waals surface area contributed by atoms with Crippen molar-refractivity contribution in [2.24, 2.45) is 13.0 Å². The molecule has 0 saturated heterocycles. The summed E-state index contributed by atoms with van der Waals surface area (Å²) >= 11 is 0. The van der Waals surface area contributed by atoms with Gasteiger partial charge in [0.2, 0.25) is 0 Å². The lowest BCUT2D eigenvalue weighted by Crippen LogP contribution is -2.39. The molecule has 5 nitrogen and oxygen atoms in total. The van der Waals surface area contributed by atoms with Crippen LogP contribution >= 0.6 is 0 Å². The molecule has 0 aliphatic heterocycles. The number of nitrogens with one attached hydrogen (secondary N) is 1. The molecule has 0 radical (unpaired) electrons. The van der Waals surface area contributed by atoms with E-state index in [-0.39, 0.29) is 17.9 Å². The van der Waals surface area contributed by atoms with Gasteiger partial charge in [-0.05, 0) is 67.0 Å². The lowest BCUT2D eigenvalue weighted by atomic mass is 9.81. The number of nitrogens with zero attached hydrogens (tertiary/aromatic N) is 2. The molecule has 1 aliphatic rings. The van der Waals surface area contributed by atoms with E-state index in [1.807, 2.05) is 68.8 Å². The van der Waals surface area contributed by atoms with Crippen LogP contribution in [0.2, 0.25) is 0 Å². The zero-order valence-corrected chi connectivity index (χ0v) is 22.8. The summed E-state index contributed by atoms with van der Waals surface area (Å²) in [6.45, 7) is 4.79. The quantitative estimate of drug-likeness (QED) is 0.409. The van der Waals surface area contributed by atoms with Crippen molar-refractivity contribution in [3.8, 4) is 11.8 Å². The second-order valence-corrected chi connectivity index (χ2v) is 10.0. The molecule has 2 amide bonds. The first kappa shape index (κ1) is 27.0. The van der Waals surface area contributed by atoms with Crippen LogP contribution in [0.25, 0.3) is 6.08 Å². The highest BCUT2D eigenvalue weighted by Crippen LogP contribution is 2.32. The van der Waals surface area contributed by atoms with Gasteiger partial charge < -0.3 is 14.8 Å². The highest BCUT2D eigenvalue weighted by Gasteiger charge is 2.26. The monoisotopic (exact) mass is 507 g/mol. The molecule has 1 aromatic heterocycles. The molecule has 0 bridgehead atoms. The highest BCUT2D eigenvalue weighted by molar-refractivity contribution is 5.99. The number of aromatic nitrogens is 1. The summed E-state index contributed by atoms with van der Waals surface area (Å²) in [4.78, 5) is 28.2. The van der Waals surface area contributed by atoms with Gasteiger partial charge in [-0.25, -0.2) is 0 Å². The van der Waals surface area contributed by atoms with Gasteiger partial charge in [-0.15, -0.1) is 0 Å². The Balaban J connectivity index is 1.53. The van der Waals surface area contributed by atoms with Crippen molar-refractivity contribution in [1.82, 2.24) is 14.8 Å². The van der Waals surface area contributed by atoms with Crippen LogP contribution in [0.15, 0.2) is 72.4 Å². The lowest BCUT2D eigenvalue weighted by Gasteiger charge is -2.28. The summed E-state index contributed by atoms with van der Waals surface area (Å²) in [5.74, 6) is 6.94. The summed E-state index contributed by atoms with van der Waals surface area (Å²) in [7, 11) is 3.66. The zero-order valence-electron chi connectivity index (χ0n) is 22.8. The van der Waals surface area contributed by atoms with E-state index in [2.05, 4.69) is 43.1 Å². The van der Waals surface area contributed by atoms with E-state index in [0.717, 1.165) is 24.0 Å². The molecule has 196 valence electrons. The van der Waals surface area contributed by atoms with Crippen LogP contribution in [0.5, 0.6) is 0 Å². The first-order valence-electron chi connectivity index (χ1n) is 13.4. The molecule has 5 heteroatoms. The van der Waals surface area contributed by atoms with E-state index < -0.39 is 0 Å². The van der Waals surface area contributed by atoms with Gasteiger partial charge in [0.25, 0.3) is 11.8 Å². The van der Waals surface area contributed by atoms with Crippen LogP contribution in [-0.2, 0) is 19.9 Å². The molecule has 0 fully saturated rings. The number of carbonyl (C=O) groups is 2. The number of carbonyl (C=O) groups excluding carboxylic acids is 2. The van der Waals surface area contributed by atoms with Crippen molar-refractivity contribution in [1.29, 1.82) is 0 Å². The average molecular weight is 508 g/mol. The summed E-state index contributed by atoms with van der Waals surface area (Å²) in [5.41, 5.74) is 6.02. The largest absolute Gasteiger partial charge is 0.351 e. The maximum atomic E-state index is 13.8. The third-order valence-electron chi connectivity index (χ3n) is 7.47. The Kier molecular flexibility index (Phi) is 8.86. The van der Waals surface area contributed by atoms with Crippen molar-refractivity contribution in [3.63, 3.8) is 0 Å². The molecule has 2 unspecified atom stereocenters. The van der Waals surface area contributed by atoms with Gasteiger partial charge in [0, 0.05) is 38.8 Å². The smallest absolute Gasteiger partial charge is 0.267 e. The number of hydrogen-bond donors (Lipinski definition) is 1. The van der Waals surface area contributed by atoms with Crippen molar-refractivity contribution < 1.29 is 9.59 Å². The number of fused-ring (bicyclic) bond motifs is 1. The fourth-order valence-electron chi connectivity index (χ4n) is 5.06. The Hall–Kier alpha value is -4.04. The summed E-state index contributed by atoms with van der Waals surface area (Å²) in [5, 5.41) is 2.99. The van der Waals surface area contributed by atoms with Crippen molar-refractivity contribution in [2.75, 3.05) is 13.6 Å². The molecule has 4 rings (SSSR count). The van der Waals surface area contributed by atoms with E-state index >= 15 is 0 Å². The van der Waals surface area contributed by atoms with Crippen LogP contribution in [-0.4, -0.2) is 40.9 Å². The van der Waals surface area contributed by atoms with Crippen LogP contribution < -0.4 is 5.32 Å². The summed E-state index contributed by atoms with van der Waals surface area (Å²) in [6.07, 6.45) is 7.22. The van der Waals surface area contributed by atoms with E-state index in [1.54, 1.807) is 15.5 Å². The molecular weight excluding hydrogens is 470 g/mol. The van der Waals surface area contributed by atoms with Crippen molar-refractivity contribution >= 4 is 17.9 Å². The van der Waals surface area contributed by atoms with Gasteiger partial charge in [-0.1, -0.05) is 72.9 Å². The first-order chi connectivity index (χ1) is 18.4. The van der Waals surface area contributed by atoms with Gasteiger partial charge in [0.1, 0.15) is 5.69 Å². The van der Waals surface area contributed by atoms with Crippen LogP contribution in [0, 0.1) is 17.8 Å². The van der Waals surface area contributed by atoms with E-state index in [4.69, 9.17) is 0 Å². The van der Waals surface area contributed by atoms with E-state index in [9.17, 15) is 9.59 Å². The number of allylic oxidation sites excluding steroid dienone is 1. The lowest BCUT2D eigenvalue weighted by molar-refractivity contribution is 0.0759. The van der Waals surface area contributed by atoms with Gasteiger partial charge in [-0.2, -0.15) is 0 Å². The predicted octanol–water partition coefficient (Wildman–Crippen LogP) is 5.52. The fraction of sp³-hybridized carbons (Fsp3) is 0.333. The average Bonchev–Trinajstić information content (AvgIpc) is 3.37. The van der Waals surface area contributed by atoms with Crippen LogP contribution in [0.4, 0.5) is 0 Å². The maximum absolute atomic E-state index is 13.8. The summed E-state index contributed by atoms with van der Waals surface area (Å²) < 4.78 is 1.79. The molecule has 38 heavy (non-hydrogen) atoms. The molecule has 1 heterocycles. The standard InChI is InChI=1S/C33H37N3O2/c1-5-26-23-27-15-10-17-29(30(27)22-24(26)2)33(38)36(4)28(16-9-14-25-12-7-6-8-13-25)19-20-34-32(37)31-18-11-21-35(31)3/h6-8,10-13,15,17-18,21-22,26,28H,5,14,19-20,23H2,1-4H3,(H,34,37). The van der Waals surface area contributed by atoms with Crippen LogP contribution in [0.3, 0.4) is 0 Å². The summed E-state index contributed by atoms with van der Waals surface area (Å²) in [6, 6.07) is 19.4. The minimum Gasteiger partial charge on any atom is -0.351 e. The van der Waals surface area contributed by atoms with Crippen molar-refractivity contribution in [2.45, 2.75) is 45.6 Å². The predicted molar refractivity (Wildman–Crippen MR) is 154 cm³/mol. The minimum atomic E-state index is -0.340. The number of aryl methyl sites for hydroxylation is 1. The molecule has 1 aliphatic carbocycles. The Labute approximate surface area is 226 Å². The Bertz CT molecular complexity index is 1370. The molecule has 0 saturated carbocycles. The molecule has 2 aromatic carbocycles. The van der Waals surface area contributed by atoms with Gasteiger partial charge in [0.05, 0.1) is 6.04 Å².